The molecule has 0 spiro atoms. The first-order valence-electron chi connectivity index (χ1n) is 8.77. The fraction of sp³-hybridized carbons (Fsp3) is 0.333. The molecule has 29 heavy (non-hydrogen) atoms. The number of likely N-dealkylation sites (tertiary alicyclic amines) is 1. The molecule has 2 unspecified atom stereocenters. The van der Waals surface area contributed by atoms with Crippen molar-refractivity contribution in [2.24, 2.45) is 11.1 Å². The number of nitro benzene ring substituents is 1. The van der Waals surface area contributed by atoms with Crippen LogP contribution in [0.3, 0.4) is 0 Å². The maximum absolute atomic E-state index is 13.9. The molecule has 0 amide bonds. The van der Waals surface area contributed by atoms with Gasteiger partial charge >= 0.3 is 0 Å². The van der Waals surface area contributed by atoms with Crippen molar-refractivity contribution < 1.29 is 17.7 Å². The summed E-state index contributed by atoms with van der Waals surface area (Å²) in [4.78, 5) is 12.2. The second-order valence-corrected chi connectivity index (χ2v) is 9.01. The van der Waals surface area contributed by atoms with Gasteiger partial charge in [0.2, 0.25) is 10.0 Å². The number of nitrogens with one attached hydrogen (secondary N) is 1. The minimum absolute atomic E-state index is 0.0520. The molecule has 1 heterocycles. The number of hydrogen-bond acceptors (Lipinski definition) is 6. The molecule has 3 rings (SSSR count). The van der Waals surface area contributed by atoms with Crippen LogP contribution in [0.4, 0.5) is 15.8 Å². The van der Waals surface area contributed by atoms with E-state index < -0.39 is 20.8 Å². The highest BCUT2D eigenvalue weighted by atomic mass is 35.5. The van der Waals surface area contributed by atoms with Gasteiger partial charge in [-0.05, 0) is 49.7 Å². The molecule has 0 radical (unpaired) electrons. The van der Waals surface area contributed by atoms with Crippen LogP contribution in [0.15, 0.2) is 41.3 Å². The van der Waals surface area contributed by atoms with Crippen LogP contribution in [0.5, 0.6) is 0 Å². The van der Waals surface area contributed by atoms with Crippen molar-refractivity contribution in [3.8, 4) is 0 Å². The monoisotopic (exact) mass is 442 g/mol. The van der Waals surface area contributed by atoms with E-state index in [0.29, 0.717) is 6.54 Å². The van der Waals surface area contributed by atoms with Gasteiger partial charge in [0.05, 0.1) is 14.8 Å². The van der Waals surface area contributed by atoms with Crippen LogP contribution >= 0.6 is 11.6 Å². The summed E-state index contributed by atoms with van der Waals surface area (Å²) >= 11 is 5.78. The molecule has 156 valence electrons. The van der Waals surface area contributed by atoms with Crippen molar-refractivity contribution in [3.63, 3.8) is 0 Å². The minimum Gasteiger partial charge on any atom is -0.384 e. The Bertz CT molecular complexity index is 1050. The zero-order valence-corrected chi connectivity index (χ0v) is 17.1. The van der Waals surface area contributed by atoms with Gasteiger partial charge in [-0.25, -0.2) is 17.9 Å². The zero-order chi connectivity index (χ0) is 21.3. The third-order valence-electron chi connectivity index (χ3n) is 5.06. The molecule has 0 saturated carbocycles. The van der Waals surface area contributed by atoms with Gasteiger partial charge < -0.3 is 5.32 Å². The van der Waals surface area contributed by atoms with E-state index in [1.54, 1.807) is 6.07 Å². The molecule has 1 aliphatic heterocycles. The number of rotatable bonds is 6. The van der Waals surface area contributed by atoms with Gasteiger partial charge in [-0.3, -0.25) is 15.0 Å². The number of sulfonamides is 1. The van der Waals surface area contributed by atoms with Gasteiger partial charge in [0.1, 0.15) is 5.82 Å². The molecule has 2 aromatic carbocycles. The first-order chi connectivity index (χ1) is 13.6. The average molecular weight is 443 g/mol. The lowest BCUT2D eigenvalue weighted by Gasteiger charge is -2.26. The molecule has 8 nitrogen and oxygen atoms in total. The molecule has 1 aliphatic rings. The number of hydrogen-bond donors (Lipinski definition) is 2. The molecule has 1 fully saturated rings. The van der Waals surface area contributed by atoms with Crippen LogP contribution in [-0.4, -0.2) is 38.4 Å². The quantitative estimate of drug-likeness (QED) is 0.524. The van der Waals surface area contributed by atoms with Gasteiger partial charge in [-0.1, -0.05) is 17.7 Å². The maximum atomic E-state index is 13.9. The smallest absolute Gasteiger partial charge is 0.272 e. The summed E-state index contributed by atoms with van der Waals surface area (Å²) in [6.07, 6.45) is 0.815. The van der Waals surface area contributed by atoms with Crippen molar-refractivity contribution in [3.05, 3.63) is 62.9 Å². The summed E-state index contributed by atoms with van der Waals surface area (Å²) in [5, 5.41) is 19.4. The fourth-order valence-corrected chi connectivity index (χ4v) is 4.36. The third kappa shape index (κ3) is 4.84. The van der Waals surface area contributed by atoms with Crippen LogP contribution in [-0.2, 0) is 10.0 Å². The van der Waals surface area contributed by atoms with Crippen LogP contribution in [0, 0.1) is 21.8 Å². The molecule has 2 atom stereocenters. The Balaban J connectivity index is 1.83. The van der Waals surface area contributed by atoms with E-state index in [9.17, 15) is 22.9 Å². The second kappa shape index (κ2) is 8.23. The Labute approximate surface area is 172 Å². The molecule has 2 aromatic rings. The molecular formula is C18H20ClFN4O4S. The average Bonchev–Trinajstić information content (AvgIpc) is 3.02. The normalized spacial score (nSPS) is 20.0. The topological polar surface area (TPSA) is 119 Å². The first-order valence-corrected chi connectivity index (χ1v) is 10.7. The second-order valence-electron chi connectivity index (χ2n) is 7.05. The predicted octanol–water partition coefficient (Wildman–Crippen LogP) is 3.14. The Kier molecular flexibility index (Phi) is 6.08. The SMILES string of the molecule is CN1CCC(CNc2cc([N+](=O)[O-])cc(S(N)(=O)=O)c2)C1c1ccc(Cl)c(F)c1. The summed E-state index contributed by atoms with van der Waals surface area (Å²) in [5.74, 6) is -0.426. The predicted molar refractivity (Wildman–Crippen MR) is 108 cm³/mol. The van der Waals surface area contributed by atoms with Gasteiger partial charge in [0.15, 0.2) is 0 Å². The first kappa shape index (κ1) is 21.4. The van der Waals surface area contributed by atoms with Gasteiger partial charge in [-0.15, -0.1) is 0 Å². The Morgan fingerprint density at radius 1 is 1.34 bits per heavy atom. The van der Waals surface area contributed by atoms with Crippen molar-refractivity contribution >= 4 is 33.0 Å². The highest BCUT2D eigenvalue weighted by Gasteiger charge is 2.33. The lowest BCUT2D eigenvalue weighted by atomic mass is 9.93. The number of halogens is 2. The zero-order valence-electron chi connectivity index (χ0n) is 15.5. The van der Waals surface area contributed by atoms with E-state index in [0.717, 1.165) is 24.6 Å². The van der Waals surface area contributed by atoms with Crippen LogP contribution in [0.1, 0.15) is 18.0 Å². The maximum Gasteiger partial charge on any atom is 0.272 e. The Morgan fingerprint density at radius 3 is 2.69 bits per heavy atom. The lowest BCUT2D eigenvalue weighted by Crippen LogP contribution is -2.25. The number of nitro groups is 1. The third-order valence-corrected chi connectivity index (χ3v) is 6.26. The van der Waals surface area contributed by atoms with Crippen molar-refractivity contribution in [2.75, 3.05) is 25.5 Å². The minimum atomic E-state index is -4.10. The van der Waals surface area contributed by atoms with Gasteiger partial charge in [0.25, 0.3) is 5.69 Å². The molecule has 0 bridgehead atoms. The molecule has 11 heteroatoms. The van der Waals surface area contributed by atoms with Crippen molar-refractivity contribution in [1.82, 2.24) is 4.90 Å². The van der Waals surface area contributed by atoms with Crippen molar-refractivity contribution in [2.45, 2.75) is 17.4 Å². The number of benzene rings is 2. The van der Waals surface area contributed by atoms with E-state index in [-0.39, 0.29) is 33.3 Å². The highest BCUT2D eigenvalue weighted by Crippen LogP contribution is 2.37. The Hall–Kier alpha value is -2.27. The highest BCUT2D eigenvalue weighted by molar-refractivity contribution is 7.89. The summed E-state index contributed by atoms with van der Waals surface area (Å²) in [6, 6.07) is 8.06. The molecular weight excluding hydrogens is 423 g/mol. The van der Waals surface area contributed by atoms with Crippen LogP contribution in [0.25, 0.3) is 0 Å². The van der Waals surface area contributed by atoms with Crippen LogP contribution in [0.2, 0.25) is 5.02 Å². The summed E-state index contributed by atoms with van der Waals surface area (Å²) in [6.45, 7) is 1.20. The number of non-ortho nitro benzene ring substituents is 1. The molecule has 3 N–H and O–H groups in total. The van der Waals surface area contributed by atoms with Gasteiger partial charge in [0, 0.05) is 30.4 Å². The number of nitrogens with zero attached hydrogens (tertiary/aromatic N) is 2. The summed E-state index contributed by atoms with van der Waals surface area (Å²) in [7, 11) is -2.16. The number of anilines is 1. The van der Waals surface area contributed by atoms with E-state index in [1.165, 1.54) is 24.3 Å². The molecule has 1 saturated heterocycles. The summed E-state index contributed by atoms with van der Waals surface area (Å²) < 4.78 is 37.2. The van der Waals surface area contributed by atoms with Crippen LogP contribution < -0.4 is 10.5 Å². The lowest BCUT2D eigenvalue weighted by molar-refractivity contribution is -0.385. The largest absolute Gasteiger partial charge is 0.384 e. The Morgan fingerprint density at radius 2 is 2.07 bits per heavy atom. The van der Waals surface area contributed by atoms with E-state index in [4.69, 9.17) is 16.7 Å². The van der Waals surface area contributed by atoms with Crippen molar-refractivity contribution in [1.29, 1.82) is 0 Å². The van der Waals surface area contributed by atoms with E-state index in [2.05, 4.69) is 10.2 Å². The fourth-order valence-electron chi connectivity index (χ4n) is 3.67. The van der Waals surface area contributed by atoms with Gasteiger partial charge in [-0.2, -0.15) is 0 Å². The molecule has 0 aliphatic carbocycles. The van der Waals surface area contributed by atoms with E-state index >= 15 is 0 Å². The number of primary sulfonamides is 1. The number of nitrogens with two attached hydrogens (primary N) is 1. The molecule has 0 aromatic heterocycles. The standard InChI is InChI=1S/C18H20ClFN4O4S/c1-23-5-4-12(18(23)11-2-3-16(19)17(20)6-11)10-22-13-7-14(24(25)26)9-15(8-13)29(21,27)28/h2-3,6-9,12,18,22H,4-5,10H2,1H3,(H2,21,27,28). The van der Waals surface area contributed by atoms with E-state index in [1.807, 2.05) is 7.05 Å². The summed E-state index contributed by atoms with van der Waals surface area (Å²) in [5.41, 5.74) is 0.681.